The molecule has 1 N–H and O–H groups in total. The van der Waals surface area contributed by atoms with Gasteiger partial charge in [0.1, 0.15) is 19.4 Å². The zero-order valence-corrected chi connectivity index (χ0v) is 14.0. The summed E-state index contributed by atoms with van der Waals surface area (Å²) in [7, 11) is 3.58. The Morgan fingerprint density at radius 3 is 3.00 bits per heavy atom. The Hall–Kier alpha value is -3.16. The van der Waals surface area contributed by atoms with Crippen LogP contribution in [0.5, 0.6) is 5.75 Å². The highest BCUT2D eigenvalue weighted by atomic mass is 16.5. The van der Waals surface area contributed by atoms with Gasteiger partial charge in [-0.05, 0) is 29.7 Å². The third-order valence-corrected chi connectivity index (χ3v) is 4.31. The van der Waals surface area contributed by atoms with E-state index in [1.54, 1.807) is 25.4 Å². The maximum Gasteiger partial charge on any atom is 0.259 e. The van der Waals surface area contributed by atoms with Gasteiger partial charge in [-0.1, -0.05) is 0 Å². The van der Waals surface area contributed by atoms with Crippen LogP contribution in [-0.4, -0.2) is 55.6 Å². The van der Waals surface area contributed by atoms with E-state index in [0.717, 1.165) is 28.3 Å². The van der Waals surface area contributed by atoms with Crippen LogP contribution in [0, 0.1) is 0 Å². The van der Waals surface area contributed by atoms with Crippen LogP contribution in [0.2, 0.25) is 0 Å². The lowest BCUT2D eigenvalue weighted by Crippen LogP contribution is -2.48. The number of carbonyl (C=O) groups is 1. The molecule has 2 aliphatic rings. The van der Waals surface area contributed by atoms with Gasteiger partial charge >= 0.3 is 0 Å². The number of aliphatic imine (C=N–C) groups is 2. The number of aromatic nitrogens is 1. The first kappa shape index (κ1) is 15.4. The van der Waals surface area contributed by atoms with Crippen molar-refractivity contribution in [3.63, 3.8) is 0 Å². The van der Waals surface area contributed by atoms with Crippen LogP contribution < -0.4 is 15.5 Å². The molecule has 0 aliphatic carbocycles. The van der Waals surface area contributed by atoms with E-state index in [0.29, 0.717) is 24.6 Å². The molecule has 1 aromatic carbocycles. The zero-order chi connectivity index (χ0) is 17.4. The predicted molar refractivity (Wildman–Crippen MR) is 98.1 cm³/mol. The number of pyridine rings is 1. The lowest BCUT2D eigenvalue weighted by molar-refractivity contribution is 0.0973. The van der Waals surface area contributed by atoms with Gasteiger partial charge < -0.3 is 4.74 Å². The van der Waals surface area contributed by atoms with Crippen molar-refractivity contribution in [3.05, 3.63) is 47.8 Å². The number of benzene rings is 1. The van der Waals surface area contributed by atoms with Gasteiger partial charge in [0, 0.05) is 24.5 Å². The van der Waals surface area contributed by atoms with Crippen LogP contribution in [-0.2, 0) is 0 Å². The van der Waals surface area contributed by atoms with Crippen molar-refractivity contribution in [3.8, 4) is 5.75 Å². The van der Waals surface area contributed by atoms with Gasteiger partial charge in [0.25, 0.3) is 5.91 Å². The van der Waals surface area contributed by atoms with Crippen LogP contribution in [0.25, 0.3) is 0 Å². The fraction of sp³-hybridized carbons (Fsp3) is 0.176. The summed E-state index contributed by atoms with van der Waals surface area (Å²) in [5, 5.41) is 2.89. The molecule has 1 aromatic heterocycles. The number of nitrogens with one attached hydrogen (secondary N) is 1. The molecule has 0 saturated heterocycles. The molecule has 0 bridgehead atoms. The number of guanidine groups is 1. The van der Waals surface area contributed by atoms with E-state index in [4.69, 9.17) is 9.73 Å². The van der Waals surface area contributed by atoms with Gasteiger partial charge in [-0.15, -0.1) is 0 Å². The smallest absolute Gasteiger partial charge is 0.259 e. The van der Waals surface area contributed by atoms with Gasteiger partial charge in [0.15, 0.2) is 0 Å². The molecule has 0 radical (unpaired) electrons. The molecule has 3 heterocycles. The second kappa shape index (κ2) is 6.05. The molecule has 124 valence electrons. The van der Waals surface area contributed by atoms with Crippen molar-refractivity contribution < 1.29 is 9.53 Å². The summed E-state index contributed by atoms with van der Waals surface area (Å²) in [6.07, 6.45) is 3.16. The number of ether oxygens (including phenoxy) is 1. The lowest BCUT2D eigenvalue weighted by atomic mass is 9.89. The van der Waals surface area contributed by atoms with E-state index in [-0.39, 0.29) is 5.91 Å². The summed E-state index contributed by atoms with van der Waals surface area (Å²) in [4.78, 5) is 27.7. The number of hydrogen-bond acceptors (Lipinski definition) is 6. The average molecular weight is 333 g/mol. The topological polar surface area (TPSA) is 79.2 Å². The van der Waals surface area contributed by atoms with Crippen molar-refractivity contribution >= 4 is 36.7 Å². The highest BCUT2D eigenvalue weighted by molar-refractivity contribution is 6.39. The number of rotatable bonds is 2. The Balaban J connectivity index is 1.75. The molecule has 1 amide bonds. The summed E-state index contributed by atoms with van der Waals surface area (Å²) in [5.74, 6) is 1.82. The van der Waals surface area contributed by atoms with Gasteiger partial charge in [-0.2, -0.15) is 0 Å². The van der Waals surface area contributed by atoms with Crippen LogP contribution in [0.15, 0.2) is 46.6 Å². The number of carbonyl (C=O) groups excluding carboxylic acids is 1. The van der Waals surface area contributed by atoms with Gasteiger partial charge in [0.05, 0.1) is 24.9 Å². The monoisotopic (exact) mass is 333 g/mol. The first-order chi connectivity index (χ1) is 12.2. The summed E-state index contributed by atoms with van der Waals surface area (Å²) >= 11 is 0. The van der Waals surface area contributed by atoms with E-state index < -0.39 is 0 Å². The Kier molecular flexibility index (Phi) is 3.72. The van der Waals surface area contributed by atoms with Gasteiger partial charge in [-0.3, -0.25) is 25.0 Å². The fourth-order valence-electron chi connectivity index (χ4n) is 3.04. The van der Waals surface area contributed by atoms with E-state index >= 15 is 0 Å². The van der Waals surface area contributed by atoms with Crippen molar-refractivity contribution in [2.45, 2.75) is 0 Å². The minimum absolute atomic E-state index is 0.248. The molecule has 0 spiro atoms. The molecule has 2 aromatic rings. The second-order valence-electron chi connectivity index (χ2n) is 5.78. The van der Waals surface area contributed by atoms with Crippen molar-refractivity contribution in [2.75, 3.05) is 20.2 Å². The number of methoxy groups -OCH3 is 1. The van der Waals surface area contributed by atoms with E-state index in [1.807, 2.05) is 24.9 Å². The number of nitrogens with zero attached hydrogens (tertiary/aromatic N) is 4. The molecule has 0 atom stereocenters. The normalized spacial score (nSPS) is 15.0. The first-order valence-electron chi connectivity index (χ1n) is 7.99. The fourth-order valence-corrected chi connectivity index (χ4v) is 3.04. The van der Waals surface area contributed by atoms with E-state index in [2.05, 4.69) is 15.3 Å². The van der Waals surface area contributed by atoms with Crippen LogP contribution >= 0.6 is 0 Å². The summed E-state index contributed by atoms with van der Waals surface area (Å²) in [5.41, 5.74) is 3.13. The molecule has 0 fully saturated rings. The molecular formula is C17H16BN5O2. The van der Waals surface area contributed by atoms with Crippen LogP contribution in [0.3, 0.4) is 0 Å². The van der Waals surface area contributed by atoms with E-state index in [1.165, 1.54) is 6.20 Å². The Labute approximate surface area is 145 Å². The lowest BCUT2D eigenvalue weighted by Gasteiger charge is -2.28. The Morgan fingerprint density at radius 2 is 2.24 bits per heavy atom. The molecule has 4 rings (SSSR count). The SMILES string of the molecule is Bc1c(OC)ccc2c1N=C(NC(=O)c1cccnc1)N1CCN=C21. The number of fused-ring (bicyclic) bond motifs is 3. The Bertz CT molecular complexity index is 911. The maximum atomic E-state index is 12.5. The number of amides is 1. The molecular weight excluding hydrogens is 317 g/mol. The van der Waals surface area contributed by atoms with Crippen molar-refractivity contribution in [1.82, 2.24) is 15.2 Å². The predicted octanol–water partition coefficient (Wildman–Crippen LogP) is -0.158. The number of amidine groups is 1. The summed E-state index contributed by atoms with van der Waals surface area (Å²) in [6.45, 7) is 1.35. The van der Waals surface area contributed by atoms with Crippen molar-refractivity contribution in [1.29, 1.82) is 0 Å². The highest BCUT2D eigenvalue weighted by Gasteiger charge is 2.31. The van der Waals surface area contributed by atoms with Crippen LogP contribution in [0.1, 0.15) is 15.9 Å². The maximum absolute atomic E-state index is 12.5. The summed E-state index contributed by atoms with van der Waals surface area (Å²) in [6, 6.07) is 7.32. The highest BCUT2D eigenvalue weighted by Crippen LogP contribution is 2.29. The average Bonchev–Trinajstić information content (AvgIpc) is 3.14. The third kappa shape index (κ3) is 2.55. The van der Waals surface area contributed by atoms with Crippen LogP contribution in [0.4, 0.5) is 5.69 Å². The first-order valence-corrected chi connectivity index (χ1v) is 7.99. The third-order valence-electron chi connectivity index (χ3n) is 4.31. The Morgan fingerprint density at radius 1 is 1.36 bits per heavy atom. The summed E-state index contributed by atoms with van der Waals surface area (Å²) < 4.78 is 5.39. The minimum atomic E-state index is -0.248. The zero-order valence-electron chi connectivity index (χ0n) is 14.0. The molecule has 7 nitrogen and oxygen atoms in total. The largest absolute Gasteiger partial charge is 0.497 e. The molecule has 0 saturated carbocycles. The quantitative estimate of drug-likeness (QED) is 0.775. The van der Waals surface area contributed by atoms with Crippen molar-refractivity contribution in [2.24, 2.45) is 9.98 Å². The molecule has 0 unspecified atom stereocenters. The molecule has 8 heteroatoms. The minimum Gasteiger partial charge on any atom is -0.497 e. The van der Waals surface area contributed by atoms with Gasteiger partial charge in [-0.25, -0.2) is 4.99 Å². The molecule has 25 heavy (non-hydrogen) atoms. The van der Waals surface area contributed by atoms with Gasteiger partial charge in [0.2, 0.25) is 5.96 Å². The second-order valence-corrected chi connectivity index (χ2v) is 5.78. The number of hydrogen-bond donors (Lipinski definition) is 1. The van der Waals surface area contributed by atoms with E-state index in [9.17, 15) is 4.79 Å². The standard InChI is InChI=1S/C17H16BN5O2/c1-25-12-5-4-11-14(13(12)18)21-17(23-8-7-20-15(11)23)22-16(24)10-3-2-6-19-9-10/h2-6,9H,7-8,18H2,1H3,(H,21,22,24). The molecule has 2 aliphatic heterocycles.